The van der Waals surface area contributed by atoms with E-state index < -0.39 is 4.92 Å². The van der Waals surface area contributed by atoms with Gasteiger partial charge in [0.2, 0.25) is 0 Å². The van der Waals surface area contributed by atoms with Crippen LogP contribution in [0.5, 0.6) is 0 Å². The highest BCUT2D eigenvalue weighted by atomic mass is 35.5. The molecular weight excluding hydrogens is 300 g/mol. The molecule has 0 aliphatic heterocycles. The van der Waals surface area contributed by atoms with E-state index in [9.17, 15) is 10.1 Å². The Labute approximate surface area is 134 Å². The van der Waals surface area contributed by atoms with Gasteiger partial charge in [-0.1, -0.05) is 43.6 Å². The molecule has 2 aromatic carbocycles. The lowest BCUT2D eigenvalue weighted by molar-refractivity contribution is -0.384. The summed E-state index contributed by atoms with van der Waals surface area (Å²) in [5, 5.41) is 11.0. The number of nitro groups is 1. The predicted octanol–water partition coefficient (Wildman–Crippen LogP) is 5.51. The van der Waals surface area contributed by atoms with Crippen molar-refractivity contribution >= 4 is 29.2 Å². The molecule has 0 bridgehead atoms. The Balaban J connectivity index is 2.18. The minimum atomic E-state index is -0.499. The molecule has 22 heavy (non-hydrogen) atoms. The number of nitrogens with zero attached hydrogens (tertiary/aromatic N) is 2. The van der Waals surface area contributed by atoms with E-state index in [2.05, 4.69) is 31.0 Å². The third kappa shape index (κ3) is 3.92. The summed E-state index contributed by atoms with van der Waals surface area (Å²) in [5.74, 6) is 0.525. The Morgan fingerprint density at radius 1 is 1.27 bits per heavy atom. The van der Waals surface area contributed by atoms with Crippen molar-refractivity contribution in [2.45, 2.75) is 26.2 Å². The molecule has 0 unspecified atom stereocenters. The smallest absolute Gasteiger partial charge is 0.258 e. The molecule has 0 radical (unpaired) electrons. The van der Waals surface area contributed by atoms with Crippen molar-refractivity contribution in [3.05, 3.63) is 68.7 Å². The maximum Gasteiger partial charge on any atom is 0.288 e. The van der Waals surface area contributed by atoms with Crippen LogP contribution in [0.15, 0.2) is 47.5 Å². The highest BCUT2D eigenvalue weighted by molar-refractivity contribution is 6.32. The molecule has 0 saturated heterocycles. The average molecular weight is 317 g/mol. The summed E-state index contributed by atoms with van der Waals surface area (Å²) in [5.41, 5.74) is 2.62. The number of aliphatic imine (C=N–C) groups is 1. The molecule has 4 nitrogen and oxygen atoms in total. The maximum atomic E-state index is 10.9. The SMILES string of the molecule is CC[C@H](C)c1ccc(N=Cc2ccc(Cl)c([N+](=O)[O-])c2)cc1. The molecule has 0 spiro atoms. The fraction of sp³-hybridized carbons (Fsp3) is 0.235. The summed E-state index contributed by atoms with van der Waals surface area (Å²) in [6, 6.07) is 12.6. The van der Waals surface area contributed by atoms with Crippen LogP contribution in [0.3, 0.4) is 0 Å². The maximum absolute atomic E-state index is 10.9. The minimum Gasteiger partial charge on any atom is -0.258 e. The first-order valence-electron chi connectivity index (χ1n) is 7.09. The minimum absolute atomic E-state index is 0.113. The monoisotopic (exact) mass is 316 g/mol. The molecule has 0 amide bonds. The first kappa shape index (κ1) is 16.2. The van der Waals surface area contributed by atoms with Gasteiger partial charge in [0.15, 0.2) is 0 Å². The highest BCUT2D eigenvalue weighted by Gasteiger charge is 2.11. The van der Waals surface area contributed by atoms with Crippen LogP contribution in [-0.2, 0) is 0 Å². The van der Waals surface area contributed by atoms with Crippen LogP contribution in [0.2, 0.25) is 5.02 Å². The van der Waals surface area contributed by atoms with Crippen LogP contribution >= 0.6 is 11.6 Å². The Morgan fingerprint density at radius 2 is 1.95 bits per heavy atom. The van der Waals surface area contributed by atoms with Gasteiger partial charge in [0.05, 0.1) is 10.6 Å². The number of rotatable bonds is 5. The second-order valence-electron chi connectivity index (χ2n) is 5.13. The quantitative estimate of drug-likeness (QED) is 0.414. The highest BCUT2D eigenvalue weighted by Crippen LogP contribution is 2.25. The van der Waals surface area contributed by atoms with Crippen molar-refractivity contribution in [3.63, 3.8) is 0 Å². The van der Waals surface area contributed by atoms with Gasteiger partial charge in [-0.15, -0.1) is 0 Å². The largest absolute Gasteiger partial charge is 0.288 e. The lowest BCUT2D eigenvalue weighted by Gasteiger charge is -2.08. The Hall–Kier alpha value is -2.20. The van der Waals surface area contributed by atoms with Crippen LogP contribution < -0.4 is 0 Å². The number of nitro benzene ring substituents is 1. The van der Waals surface area contributed by atoms with E-state index >= 15 is 0 Å². The zero-order valence-corrected chi connectivity index (χ0v) is 13.2. The molecule has 0 fully saturated rings. The van der Waals surface area contributed by atoms with E-state index in [0.717, 1.165) is 12.1 Å². The normalized spacial score (nSPS) is 12.5. The summed E-state index contributed by atoms with van der Waals surface area (Å²) in [4.78, 5) is 14.7. The van der Waals surface area contributed by atoms with Crippen molar-refractivity contribution in [3.8, 4) is 0 Å². The van der Waals surface area contributed by atoms with Crippen LogP contribution in [0.4, 0.5) is 11.4 Å². The lowest BCUT2D eigenvalue weighted by Crippen LogP contribution is -1.91. The van der Waals surface area contributed by atoms with E-state index in [0.29, 0.717) is 11.5 Å². The standard InChI is InChI=1S/C17H17ClN2O2/c1-3-12(2)14-5-7-15(8-6-14)19-11-13-4-9-16(18)17(10-13)20(21)22/h4-12H,3H2,1-2H3/t12-/m0/s1. The Bertz CT molecular complexity index is 696. The van der Waals surface area contributed by atoms with Gasteiger partial charge in [0.1, 0.15) is 5.02 Å². The van der Waals surface area contributed by atoms with Crippen molar-refractivity contribution < 1.29 is 4.92 Å². The van der Waals surface area contributed by atoms with E-state index in [4.69, 9.17) is 11.6 Å². The number of halogens is 1. The number of hydrogen-bond donors (Lipinski definition) is 0. The molecule has 0 aromatic heterocycles. The zero-order chi connectivity index (χ0) is 16.1. The Kier molecular flexibility index (Phi) is 5.28. The van der Waals surface area contributed by atoms with Crippen LogP contribution in [0.1, 0.15) is 37.3 Å². The average Bonchev–Trinajstić information content (AvgIpc) is 2.53. The molecule has 2 rings (SSSR count). The molecule has 0 N–H and O–H groups in total. The summed E-state index contributed by atoms with van der Waals surface area (Å²) in [6.07, 6.45) is 2.69. The molecule has 1 atom stereocenters. The van der Waals surface area contributed by atoms with Crippen LogP contribution in [-0.4, -0.2) is 11.1 Å². The lowest BCUT2D eigenvalue weighted by atomic mass is 9.99. The van der Waals surface area contributed by atoms with Gasteiger partial charge < -0.3 is 0 Å². The molecule has 2 aromatic rings. The van der Waals surface area contributed by atoms with Crippen molar-refractivity contribution in [2.24, 2.45) is 4.99 Å². The number of hydrogen-bond acceptors (Lipinski definition) is 3. The molecule has 0 heterocycles. The number of benzene rings is 2. The molecule has 0 aliphatic rings. The van der Waals surface area contributed by atoms with Gasteiger partial charge in [0.25, 0.3) is 5.69 Å². The zero-order valence-electron chi connectivity index (χ0n) is 12.5. The predicted molar refractivity (Wildman–Crippen MR) is 90.5 cm³/mol. The molecule has 5 heteroatoms. The van der Waals surface area contributed by atoms with Gasteiger partial charge >= 0.3 is 0 Å². The van der Waals surface area contributed by atoms with Crippen molar-refractivity contribution in [1.29, 1.82) is 0 Å². The molecular formula is C17H17ClN2O2. The molecule has 0 aliphatic carbocycles. The fourth-order valence-electron chi connectivity index (χ4n) is 2.02. The summed E-state index contributed by atoms with van der Waals surface area (Å²) < 4.78 is 0. The van der Waals surface area contributed by atoms with Gasteiger partial charge in [-0.25, -0.2) is 0 Å². The topological polar surface area (TPSA) is 55.5 Å². The van der Waals surface area contributed by atoms with Gasteiger partial charge in [-0.05, 0) is 41.7 Å². The summed E-state index contributed by atoms with van der Waals surface area (Å²) in [7, 11) is 0. The molecule has 0 saturated carbocycles. The second kappa shape index (κ2) is 7.18. The Morgan fingerprint density at radius 3 is 2.55 bits per heavy atom. The van der Waals surface area contributed by atoms with Gasteiger partial charge in [0, 0.05) is 12.3 Å². The van der Waals surface area contributed by atoms with Gasteiger partial charge in [-0.2, -0.15) is 0 Å². The van der Waals surface area contributed by atoms with Crippen LogP contribution in [0.25, 0.3) is 0 Å². The first-order valence-corrected chi connectivity index (χ1v) is 7.47. The van der Waals surface area contributed by atoms with Crippen molar-refractivity contribution in [2.75, 3.05) is 0 Å². The van der Waals surface area contributed by atoms with Gasteiger partial charge in [-0.3, -0.25) is 15.1 Å². The van der Waals surface area contributed by atoms with E-state index in [-0.39, 0.29) is 10.7 Å². The van der Waals surface area contributed by atoms with E-state index in [1.807, 2.05) is 12.1 Å². The van der Waals surface area contributed by atoms with E-state index in [1.165, 1.54) is 17.7 Å². The fourth-order valence-corrected chi connectivity index (χ4v) is 2.21. The second-order valence-corrected chi connectivity index (χ2v) is 5.53. The summed E-state index contributed by atoms with van der Waals surface area (Å²) >= 11 is 5.78. The molecule has 114 valence electrons. The van der Waals surface area contributed by atoms with E-state index in [1.54, 1.807) is 12.3 Å². The first-order chi connectivity index (χ1) is 10.5. The third-order valence-corrected chi connectivity index (χ3v) is 3.92. The third-order valence-electron chi connectivity index (χ3n) is 3.60. The van der Waals surface area contributed by atoms with Crippen LogP contribution in [0, 0.1) is 10.1 Å². The summed E-state index contributed by atoms with van der Waals surface area (Å²) in [6.45, 7) is 4.34. The van der Waals surface area contributed by atoms with Crippen molar-refractivity contribution in [1.82, 2.24) is 0 Å².